The maximum atomic E-state index is 14.1. The molecule has 0 fully saturated rings. The second kappa shape index (κ2) is 6.43. The third-order valence-corrected chi connectivity index (χ3v) is 5.24. The zero-order chi connectivity index (χ0) is 20.2. The van der Waals surface area contributed by atoms with Crippen LogP contribution in [-0.4, -0.2) is 30.9 Å². The van der Waals surface area contributed by atoms with Crippen molar-refractivity contribution in [3.05, 3.63) is 56.5 Å². The summed E-state index contributed by atoms with van der Waals surface area (Å²) in [6, 6.07) is 5.93. The van der Waals surface area contributed by atoms with Crippen molar-refractivity contribution >= 4 is 22.8 Å². The molecule has 1 aliphatic rings. The molecule has 0 aliphatic carbocycles. The first-order valence-electron chi connectivity index (χ1n) is 9.13. The van der Waals surface area contributed by atoms with Crippen LogP contribution in [0.1, 0.15) is 32.4 Å². The molecule has 3 aromatic rings. The van der Waals surface area contributed by atoms with E-state index in [0.29, 0.717) is 23.7 Å². The molecule has 0 spiro atoms. The number of rotatable bonds is 3. The Hall–Kier alpha value is -3.23. The van der Waals surface area contributed by atoms with E-state index in [1.54, 1.807) is 34.8 Å². The van der Waals surface area contributed by atoms with Crippen LogP contribution in [0, 0.1) is 5.82 Å². The quantitative estimate of drug-likeness (QED) is 0.691. The number of benzene rings is 1. The molecule has 0 saturated carbocycles. The van der Waals surface area contributed by atoms with Crippen LogP contribution in [0.5, 0.6) is 0 Å². The minimum absolute atomic E-state index is 0.145. The summed E-state index contributed by atoms with van der Waals surface area (Å²) in [5.74, 6) is 0.0618. The number of aromatic nitrogens is 4. The van der Waals surface area contributed by atoms with Gasteiger partial charge in [0.25, 0.3) is 5.56 Å². The van der Waals surface area contributed by atoms with Crippen LogP contribution in [0.15, 0.2) is 39.0 Å². The van der Waals surface area contributed by atoms with Gasteiger partial charge < -0.3 is 0 Å². The van der Waals surface area contributed by atoms with Crippen molar-refractivity contribution in [1.82, 2.24) is 18.7 Å². The van der Waals surface area contributed by atoms with Crippen molar-refractivity contribution in [2.45, 2.75) is 33.4 Å². The molecule has 0 bridgehead atoms. The van der Waals surface area contributed by atoms with E-state index in [0.717, 1.165) is 10.3 Å². The monoisotopic (exact) mass is 384 g/mol. The molecule has 3 heterocycles. The van der Waals surface area contributed by atoms with Gasteiger partial charge in [0.15, 0.2) is 11.2 Å². The molecule has 8 nitrogen and oxygen atoms in total. The number of halogens is 1. The van der Waals surface area contributed by atoms with E-state index in [1.807, 2.05) is 20.8 Å². The van der Waals surface area contributed by atoms with Crippen LogP contribution >= 0.6 is 0 Å². The van der Waals surface area contributed by atoms with Gasteiger partial charge in [-0.3, -0.25) is 18.5 Å². The average Bonchev–Trinajstić information content (AvgIpc) is 3.09. The fourth-order valence-corrected chi connectivity index (χ4v) is 3.53. The van der Waals surface area contributed by atoms with Gasteiger partial charge in [-0.05, 0) is 26.8 Å². The van der Waals surface area contributed by atoms with Crippen LogP contribution in [0.4, 0.5) is 10.3 Å². The molecular formula is C19H21FN6O2. The molecule has 146 valence electrons. The highest BCUT2D eigenvalue weighted by Gasteiger charge is 2.30. The third kappa shape index (κ3) is 2.49. The number of imidazole rings is 1. The normalized spacial score (nSPS) is 16.4. The van der Waals surface area contributed by atoms with Crippen LogP contribution in [0.2, 0.25) is 0 Å². The Kier molecular flexibility index (Phi) is 4.17. The molecule has 9 heteroatoms. The number of hydrogen-bond donors (Lipinski definition) is 0. The molecule has 0 saturated heterocycles. The van der Waals surface area contributed by atoms with Crippen LogP contribution in [0.3, 0.4) is 0 Å². The fourth-order valence-electron chi connectivity index (χ4n) is 3.53. The lowest BCUT2D eigenvalue weighted by molar-refractivity contribution is 0.580. The van der Waals surface area contributed by atoms with E-state index in [9.17, 15) is 14.0 Å². The predicted octanol–water partition coefficient (Wildman–Crippen LogP) is 1.86. The van der Waals surface area contributed by atoms with Crippen molar-refractivity contribution in [2.75, 3.05) is 11.6 Å². The average molecular weight is 384 g/mol. The first kappa shape index (κ1) is 18.1. The van der Waals surface area contributed by atoms with E-state index < -0.39 is 17.1 Å². The highest BCUT2D eigenvalue weighted by Crippen LogP contribution is 2.29. The molecule has 28 heavy (non-hydrogen) atoms. The number of fused-ring (bicyclic) bond motifs is 3. The zero-order valence-corrected chi connectivity index (χ0v) is 16.2. The Bertz CT molecular complexity index is 1240. The van der Waals surface area contributed by atoms with Crippen molar-refractivity contribution in [3.8, 4) is 0 Å². The lowest BCUT2D eigenvalue weighted by atomic mass is 10.2. The third-order valence-electron chi connectivity index (χ3n) is 5.24. The van der Waals surface area contributed by atoms with Gasteiger partial charge in [-0.1, -0.05) is 18.2 Å². The van der Waals surface area contributed by atoms with E-state index in [2.05, 4.69) is 10.1 Å². The lowest BCUT2D eigenvalue weighted by Gasteiger charge is -2.28. The van der Waals surface area contributed by atoms with Crippen LogP contribution in [0.25, 0.3) is 11.2 Å². The van der Waals surface area contributed by atoms with E-state index >= 15 is 0 Å². The summed E-state index contributed by atoms with van der Waals surface area (Å²) < 4.78 is 18.3. The molecule has 2 aromatic heterocycles. The van der Waals surface area contributed by atoms with Crippen molar-refractivity contribution in [2.24, 2.45) is 12.1 Å². The molecule has 4 rings (SSSR count). The van der Waals surface area contributed by atoms with E-state index in [-0.39, 0.29) is 18.2 Å². The van der Waals surface area contributed by atoms with Crippen molar-refractivity contribution < 1.29 is 4.39 Å². The largest absolute Gasteiger partial charge is 0.332 e. The SMILES string of the molecule is CCN1N=C(C)[C@H](C)n2c1nc1c2c(=O)n(Cc2ccccc2F)c(=O)n1C. The summed E-state index contributed by atoms with van der Waals surface area (Å²) in [6.07, 6.45) is 0. The van der Waals surface area contributed by atoms with Gasteiger partial charge in [0.2, 0.25) is 5.95 Å². The first-order chi connectivity index (χ1) is 13.3. The summed E-state index contributed by atoms with van der Waals surface area (Å²) >= 11 is 0. The van der Waals surface area contributed by atoms with Crippen molar-refractivity contribution in [1.29, 1.82) is 0 Å². The second-order valence-electron chi connectivity index (χ2n) is 6.91. The number of anilines is 1. The van der Waals surface area contributed by atoms with Gasteiger partial charge in [0.1, 0.15) is 5.82 Å². The van der Waals surface area contributed by atoms with Crippen molar-refractivity contribution in [3.63, 3.8) is 0 Å². The first-order valence-corrected chi connectivity index (χ1v) is 9.13. The van der Waals surface area contributed by atoms with Gasteiger partial charge >= 0.3 is 5.69 Å². The molecule has 1 aromatic carbocycles. The Morgan fingerprint density at radius 3 is 2.61 bits per heavy atom. The smallest absolute Gasteiger partial charge is 0.294 e. The fraction of sp³-hybridized carbons (Fsp3) is 0.368. The topological polar surface area (TPSA) is 77.4 Å². The summed E-state index contributed by atoms with van der Waals surface area (Å²) in [5.41, 5.74) is 0.698. The number of nitrogens with zero attached hydrogens (tertiary/aromatic N) is 6. The minimum atomic E-state index is -0.537. The standard InChI is InChI=1S/C19H21FN6O2/c1-5-25-18-21-16-15(26(18)12(3)11(2)22-25)17(27)24(19(28)23(16)4)10-13-8-6-7-9-14(13)20/h6-9,12H,5,10H2,1-4H3/t12-/m0/s1. The minimum Gasteiger partial charge on any atom is -0.294 e. The zero-order valence-electron chi connectivity index (χ0n) is 16.2. The van der Waals surface area contributed by atoms with Crippen LogP contribution in [-0.2, 0) is 13.6 Å². The Morgan fingerprint density at radius 2 is 1.93 bits per heavy atom. The molecule has 1 aliphatic heterocycles. The van der Waals surface area contributed by atoms with Gasteiger partial charge in [-0.2, -0.15) is 10.1 Å². The molecule has 0 N–H and O–H groups in total. The highest BCUT2D eigenvalue weighted by atomic mass is 19.1. The lowest BCUT2D eigenvalue weighted by Crippen LogP contribution is -2.40. The van der Waals surface area contributed by atoms with Gasteiger partial charge in [0.05, 0.1) is 18.3 Å². The van der Waals surface area contributed by atoms with E-state index in [4.69, 9.17) is 0 Å². The van der Waals surface area contributed by atoms with Crippen LogP contribution < -0.4 is 16.3 Å². The summed E-state index contributed by atoms with van der Waals surface area (Å²) in [5, 5.41) is 6.23. The summed E-state index contributed by atoms with van der Waals surface area (Å²) in [4.78, 5) is 30.7. The van der Waals surface area contributed by atoms with E-state index in [1.165, 1.54) is 10.6 Å². The molecular weight excluding hydrogens is 363 g/mol. The molecule has 0 radical (unpaired) electrons. The van der Waals surface area contributed by atoms with Gasteiger partial charge in [-0.15, -0.1) is 0 Å². The highest BCUT2D eigenvalue weighted by molar-refractivity contribution is 5.91. The number of hydrogen-bond acceptors (Lipinski definition) is 5. The summed E-state index contributed by atoms with van der Waals surface area (Å²) in [7, 11) is 1.57. The Balaban J connectivity index is 2.02. The predicted molar refractivity (Wildman–Crippen MR) is 106 cm³/mol. The Morgan fingerprint density at radius 1 is 1.21 bits per heavy atom. The second-order valence-corrected chi connectivity index (χ2v) is 6.91. The summed E-state index contributed by atoms with van der Waals surface area (Å²) in [6.45, 7) is 6.19. The Labute approximate surface area is 160 Å². The molecule has 1 atom stereocenters. The molecule has 0 unspecified atom stereocenters. The van der Waals surface area contributed by atoms with Gasteiger partial charge in [0, 0.05) is 19.2 Å². The maximum Gasteiger partial charge on any atom is 0.332 e. The maximum absolute atomic E-state index is 14.1. The number of hydrazone groups is 1. The number of aryl methyl sites for hydroxylation is 1. The molecule has 0 amide bonds. The van der Waals surface area contributed by atoms with Gasteiger partial charge in [-0.25, -0.2) is 14.2 Å².